The number of hydrogen-bond donors (Lipinski definition) is 0. The maximum Gasteiger partial charge on any atom is 0.271 e. The van der Waals surface area contributed by atoms with E-state index in [9.17, 15) is 4.79 Å². The predicted octanol–water partition coefficient (Wildman–Crippen LogP) is 5.91. The average Bonchev–Trinajstić information content (AvgIpc) is 3.21. The monoisotopic (exact) mass is 594 g/mol. The van der Waals surface area contributed by atoms with Crippen molar-refractivity contribution in [3.8, 4) is 23.0 Å². The van der Waals surface area contributed by atoms with Crippen LogP contribution in [0.4, 0.5) is 0 Å². The summed E-state index contributed by atoms with van der Waals surface area (Å²) in [7, 11) is 6.54. The van der Waals surface area contributed by atoms with E-state index in [1.54, 1.807) is 28.4 Å². The fourth-order valence-corrected chi connectivity index (χ4v) is 6.89. The Hall–Kier alpha value is -4.56. The fourth-order valence-electron chi connectivity index (χ4n) is 5.89. The number of thiazole rings is 1. The Labute approximate surface area is 254 Å². The van der Waals surface area contributed by atoms with Gasteiger partial charge in [0.05, 0.1) is 44.7 Å². The highest BCUT2D eigenvalue weighted by atomic mass is 32.1. The molecule has 4 aromatic rings. The van der Waals surface area contributed by atoms with Crippen LogP contribution in [0.3, 0.4) is 0 Å². The van der Waals surface area contributed by atoms with E-state index in [0.29, 0.717) is 32.3 Å². The second-order valence-corrected chi connectivity index (χ2v) is 11.5. The molecule has 0 saturated carbocycles. The van der Waals surface area contributed by atoms with Gasteiger partial charge in [-0.1, -0.05) is 53.8 Å². The molecule has 3 aromatic carbocycles. The van der Waals surface area contributed by atoms with Crippen molar-refractivity contribution < 1.29 is 18.9 Å². The first-order chi connectivity index (χ1) is 21.0. The minimum Gasteiger partial charge on any atom is -0.493 e. The van der Waals surface area contributed by atoms with Crippen molar-refractivity contribution in [3.63, 3.8) is 0 Å². The molecule has 0 radical (unpaired) electrons. The zero-order chi connectivity index (χ0) is 29.9. The topological polar surface area (TPSA) is 71.3 Å². The number of methoxy groups -OCH3 is 4. The predicted molar refractivity (Wildman–Crippen MR) is 170 cm³/mol. The third-order valence-corrected chi connectivity index (χ3v) is 8.94. The van der Waals surface area contributed by atoms with Crippen molar-refractivity contribution in [1.82, 2.24) is 4.57 Å². The van der Waals surface area contributed by atoms with Crippen molar-refractivity contribution in [1.29, 1.82) is 0 Å². The number of benzene rings is 3. The molecule has 1 aliphatic carbocycles. The molecule has 6 rings (SSSR count). The van der Waals surface area contributed by atoms with Gasteiger partial charge in [-0.25, -0.2) is 4.99 Å². The van der Waals surface area contributed by atoms with Crippen LogP contribution in [0, 0.1) is 0 Å². The third-order valence-electron chi connectivity index (χ3n) is 7.95. The molecule has 0 amide bonds. The van der Waals surface area contributed by atoms with Gasteiger partial charge in [-0.15, -0.1) is 0 Å². The Kier molecular flexibility index (Phi) is 8.20. The maximum absolute atomic E-state index is 14.1. The summed E-state index contributed by atoms with van der Waals surface area (Å²) >= 11 is 1.43. The lowest BCUT2D eigenvalue weighted by molar-refractivity contribution is 0.354. The van der Waals surface area contributed by atoms with Gasteiger partial charge in [0.15, 0.2) is 27.8 Å². The number of aromatic nitrogens is 1. The van der Waals surface area contributed by atoms with E-state index in [-0.39, 0.29) is 11.6 Å². The van der Waals surface area contributed by atoms with Crippen LogP contribution in [-0.2, 0) is 0 Å². The highest BCUT2D eigenvalue weighted by Crippen LogP contribution is 2.42. The van der Waals surface area contributed by atoms with Gasteiger partial charge in [0.2, 0.25) is 0 Å². The second kappa shape index (κ2) is 12.4. The number of hydrogen-bond acceptors (Lipinski definition) is 7. The van der Waals surface area contributed by atoms with Gasteiger partial charge in [0.1, 0.15) is 0 Å². The van der Waals surface area contributed by atoms with E-state index in [1.807, 2.05) is 77.4 Å². The minimum atomic E-state index is -0.323. The second-order valence-electron chi connectivity index (χ2n) is 10.5. The molecule has 0 spiro atoms. The Morgan fingerprint density at radius 3 is 2.16 bits per heavy atom. The van der Waals surface area contributed by atoms with E-state index in [2.05, 4.69) is 6.08 Å². The molecule has 1 aromatic heterocycles. The Balaban J connectivity index is 1.59. The molecular formula is C35H34N2O5S. The zero-order valence-corrected chi connectivity index (χ0v) is 25.6. The molecule has 43 heavy (non-hydrogen) atoms. The first-order valence-electron chi connectivity index (χ1n) is 14.3. The molecule has 0 N–H and O–H groups in total. The van der Waals surface area contributed by atoms with E-state index in [0.717, 1.165) is 59.2 Å². The maximum atomic E-state index is 14.1. The SMILES string of the molecule is COc1ccc(/C=C2\CCCCC3=C2N=c2s/c(=C\c4ccccc4)c(=O)n2C3c2ccc(OC)c(OC)c2)cc1OC. The molecule has 0 bridgehead atoms. The first kappa shape index (κ1) is 28.6. The van der Waals surface area contributed by atoms with E-state index >= 15 is 0 Å². The molecular weight excluding hydrogens is 560 g/mol. The largest absolute Gasteiger partial charge is 0.493 e. The van der Waals surface area contributed by atoms with E-state index in [1.165, 1.54) is 11.3 Å². The van der Waals surface area contributed by atoms with Gasteiger partial charge in [-0.2, -0.15) is 0 Å². The molecule has 2 heterocycles. The molecule has 220 valence electrons. The van der Waals surface area contributed by atoms with Gasteiger partial charge >= 0.3 is 0 Å². The van der Waals surface area contributed by atoms with Gasteiger partial charge < -0.3 is 18.9 Å². The number of nitrogens with zero attached hydrogens (tertiary/aromatic N) is 2. The highest BCUT2D eigenvalue weighted by molar-refractivity contribution is 7.07. The van der Waals surface area contributed by atoms with Crippen LogP contribution in [0.2, 0.25) is 0 Å². The Morgan fingerprint density at radius 2 is 1.44 bits per heavy atom. The summed E-state index contributed by atoms with van der Waals surface area (Å²) in [6.07, 6.45) is 7.88. The first-order valence-corrected chi connectivity index (χ1v) is 15.1. The van der Waals surface area contributed by atoms with Crippen LogP contribution in [0.5, 0.6) is 23.0 Å². The fraction of sp³-hybridized carbons (Fsp3) is 0.257. The molecule has 0 saturated heterocycles. The minimum absolute atomic E-state index is 0.0476. The van der Waals surface area contributed by atoms with E-state index < -0.39 is 0 Å². The molecule has 1 atom stereocenters. The third kappa shape index (κ3) is 5.50. The van der Waals surface area contributed by atoms with Crippen molar-refractivity contribution in [2.24, 2.45) is 4.99 Å². The van der Waals surface area contributed by atoms with Crippen LogP contribution < -0.4 is 33.8 Å². The lowest BCUT2D eigenvalue weighted by Crippen LogP contribution is -2.38. The van der Waals surface area contributed by atoms with Gasteiger partial charge in [-0.05, 0) is 89.9 Å². The number of rotatable bonds is 7. The molecule has 2 aliphatic rings. The summed E-state index contributed by atoms with van der Waals surface area (Å²) in [5.74, 6) is 2.63. The van der Waals surface area contributed by atoms with Crippen molar-refractivity contribution in [2.75, 3.05) is 28.4 Å². The molecule has 8 heteroatoms. The van der Waals surface area contributed by atoms with Crippen molar-refractivity contribution in [3.05, 3.63) is 120 Å². The number of allylic oxidation sites excluding steroid dienone is 2. The van der Waals surface area contributed by atoms with Crippen molar-refractivity contribution in [2.45, 2.75) is 31.7 Å². The molecule has 1 unspecified atom stereocenters. The van der Waals surface area contributed by atoms with Gasteiger partial charge in [0, 0.05) is 0 Å². The van der Waals surface area contributed by atoms with Crippen LogP contribution in [0.25, 0.3) is 12.2 Å². The van der Waals surface area contributed by atoms with Crippen LogP contribution in [0.15, 0.2) is 93.4 Å². The lowest BCUT2D eigenvalue weighted by Gasteiger charge is -2.27. The summed E-state index contributed by atoms with van der Waals surface area (Å²) in [4.78, 5) is 20.0. The Morgan fingerprint density at radius 1 is 0.767 bits per heavy atom. The molecule has 1 aliphatic heterocycles. The number of fused-ring (bicyclic) bond motifs is 1. The van der Waals surface area contributed by atoms with E-state index in [4.69, 9.17) is 23.9 Å². The lowest BCUT2D eigenvalue weighted by atomic mass is 9.91. The summed E-state index contributed by atoms with van der Waals surface area (Å²) in [5.41, 5.74) is 6.13. The van der Waals surface area contributed by atoms with Gasteiger partial charge in [0.25, 0.3) is 5.56 Å². The smallest absolute Gasteiger partial charge is 0.271 e. The standard InChI is InChI=1S/C35H34N2O5S/c1-39-27-16-14-23(19-29(27)41-3)18-24-12-8-9-13-26-32(24)36-35-37(33(26)25-15-17-28(40-2)30(21-25)42-4)34(38)31(43-35)20-22-10-6-5-7-11-22/h5-7,10-11,14-21,33H,8-9,12-13H2,1-4H3/b24-18+,31-20-. The van der Waals surface area contributed by atoms with Crippen LogP contribution >= 0.6 is 11.3 Å². The number of ether oxygens (including phenoxy) is 4. The van der Waals surface area contributed by atoms with Gasteiger partial charge in [-0.3, -0.25) is 9.36 Å². The zero-order valence-electron chi connectivity index (χ0n) is 24.8. The highest BCUT2D eigenvalue weighted by Gasteiger charge is 2.32. The van der Waals surface area contributed by atoms with Crippen LogP contribution in [-0.4, -0.2) is 33.0 Å². The molecule has 7 nitrogen and oxygen atoms in total. The van der Waals surface area contributed by atoms with Crippen molar-refractivity contribution >= 4 is 23.5 Å². The average molecular weight is 595 g/mol. The Bertz CT molecular complexity index is 1900. The normalized spacial score (nSPS) is 17.5. The summed E-state index contributed by atoms with van der Waals surface area (Å²) in [6.45, 7) is 0. The molecule has 0 fully saturated rings. The quantitative estimate of drug-likeness (QED) is 0.266. The van der Waals surface area contributed by atoms with Crippen LogP contribution in [0.1, 0.15) is 48.4 Å². The summed E-state index contributed by atoms with van der Waals surface area (Å²) in [5, 5.41) is 0. The summed E-state index contributed by atoms with van der Waals surface area (Å²) in [6, 6.07) is 21.5. The summed E-state index contributed by atoms with van der Waals surface area (Å²) < 4.78 is 24.8.